The Labute approximate surface area is 626 Å². The lowest BCUT2D eigenvalue weighted by Gasteiger charge is -3.00. The zero-order valence-corrected chi connectivity index (χ0v) is 59.6. The second-order valence-electron chi connectivity index (χ2n) is 26.5. The predicted octanol–water partition coefficient (Wildman–Crippen LogP) is 24.5. The lowest BCUT2D eigenvalue weighted by Crippen LogP contribution is -2.07. The van der Waals surface area contributed by atoms with Crippen molar-refractivity contribution < 1.29 is 9.68 Å². The highest BCUT2D eigenvalue weighted by molar-refractivity contribution is 9.10. The number of halogens is 1. The number of benzene rings is 16. The molecule has 0 aliphatic rings. The van der Waals surface area contributed by atoms with Crippen molar-refractivity contribution in [3.63, 3.8) is 0 Å². The molecular formula is C94H57BBrN8O2P-3. The Morgan fingerprint density at radius 2 is 0.579 bits per heavy atom. The summed E-state index contributed by atoms with van der Waals surface area (Å²) in [6, 6.07) is 119. The molecule has 0 amide bonds. The highest BCUT2D eigenvalue weighted by Crippen LogP contribution is 2.45. The summed E-state index contributed by atoms with van der Waals surface area (Å²) in [5.74, 6) is 2.90. The fraction of sp³-hybridized carbons (Fsp3) is 0. The summed E-state index contributed by atoms with van der Waals surface area (Å²) in [5.41, 5.74) is 16.7. The van der Waals surface area contributed by atoms with Gasteiger partial charge in [0.15, 0.2) is 29.1 Å². The molecular weight excluding hydrogens is 1390 g/mol. The molecule has 1 N–H and O–H groups in total. The Morgan fingerprint density at radius 1 is 0.252 bits per heavy atom. The van der Waals surface area contributed by atoms with Crippen molar-refractivity contribution >= 4 is 153 Å². The van der Waals surface area contributed by atoms with Crippen LogP contribution >= 0.6 is 25.8 Å². The van der Waals surface area contributed by atoms with Gasteiger partial charge in [-0.1, -0.05) is 319 Å². The molecule has 0 saturated carbocycles. The van der Waals surface area contributed by atoms with Crippen molar-refractivity contribution in [1.29, 1.82) is 0 Å². The largest absolute Gasteiger partial charge is 3.00 e. The van der Waals surface area contributed by atoms with E-state index in [4.69, 9.17) is 29.6 Å². The van der Waals surface area contributed by atoms with Gasteiger partial charge < -0.3 is 28.4 Å². The number of nitrogens with zero attached hydrogens (tertiary/aromatic N) is 8. The van der Waals surface area contributed by atoms with Crippen LogP contribution in [0.5, 0.6) is 6.01 Å². The van der Waals surface area contributed by atoms with E-state index in [9.17, 15) is 0 Å². The van der Waals surface area contributed by atoms with Crippen LogP contribution in [0.15, 0.2) is 344 Å². The van der Waals surface area contributed by atoms with Gasteiger partial charge in [0.2, 0.25) is 0 Å². The van der Waals surface area contributed by atoms with Crippen molar-refractivity contribution in [2.75, 3.05) is 0 Å². The average molecular weight is 1450 g/mol. The molecule has 22 aromatic rings. The van der Waals surface area contributed by atoms with Crippen LogP contribution in [0.4, 0.5) is 0 Å². The van der Waals surface area contributed by atoms with Gasteiger partial charge >= 0.3 is 13.7 Å². The minimum atomic E-state index is 0. The standard InChI is InChI=1S/C47H28N4.C25H17BN3O2.C22H12BrN.P/c1-2-11-29(12-3-1)30-23-25-32(26-24-30)45-48-46(39-21-8-14-31-13-4-5-15-33(31)39)50-47(49-45)40-27-28-42-43-35(17-9-18-36(40)43)38-20-10-19-37-34-16-6-7-22-41(34)51(42)44(37)38;30-26-31-25-28-23(20-15-13-18(14-16-20)17-7-2-1-3-8-17)27-24(29-25)22-12-6-10-19-9-4-5-11-21(19)22;23-18-11-12-20-21-14(6-3-9-17(18)21)16-8-4-7-15-13-5-1-2-10-19(13)24(20)22(15)16;/h1-28H;1-16,30H;1-12H;/q;;;-3. The quantitative estimate of drug-likeness (QED) is 0.0658. The summed E-state index contributed by atoms with van der Waals surface area (Å²) in [6.07, 6.45) is 0. The van der Waals surface area contributed by atoms with Gasteiger partial charge in [0, 0.05) is 75.4 Å². The highest BCUT2D eigenvalue weighted by Gasteiger charge is 2.24. The molecule has 6 heterocycles. The normalized spacial score (nSPS) is 11.6. The summed E-state index contributed by atoms with van der Waals surface area (Å²) in [6.45, 7) is 0. The molecule has 1 radical (unpaired) electrons. The first-order valence-corrected chi connectivity index (χ1v) is 36.0. The fourth-order valence-corrected chi connectivity index (χ4v) is 16.4. The molecule has 0 spiro atoms. The Balaban J connectivity index is 0.000000119. The van der Waals surface area contributed by atoms with Gasteiger partial charge in [0.05, 0.1) is 33.1 Å². The van der Waals surface area contributed by atoms with Gasteiger partial charge in [-0.15, -0.1) is 0 Å². The first-order valence-electron chi connectivity index (χ1n) is 35.2. The van der Waals surface area contributed by atoms with E-state index in [0.29, 0.717) is 36.8 Å². The van der Waals surface area contributed by atoms with E-state index in [-0.39, 0.29) is 15.9 Å². The second kappa shape index (κ2) is 26.9. The molecule has 0 bridgehead atoms. The zero-order valence-electron chi connectivity index (χ0n) is 57.2. The van der Waals surface area contributed by atoms with E-state index < -0.39 is 0 Å². The van der Waals surface area contributed by atoms with E-state index in [0.717, 1.165) is 75.9 Å². The summed E-state index contributed by atoms with van der Waals surface area (Å²) in [7, 11) is 0.574. The number of pyridine rings is 2. The topological polar surface area (TPSA) is 116 Å². The average Bonchev–Trinajstić information content (AvgIpc) is 1.63. The van der Waals surface area contributed by atoms with E-state index in [1.54, 1.807) is 0 Å². The number of hydrogen-bond donors (Lipinski definition) is 1. The first-order chi connectivity index (χ1) is 52.5. The molecule has 0 saturated heterocycles. The minimum Gasteiger partial charge on any atom is -3.00 e. The van der Waals surface area contributed by atoms with E-state index in [1.165, 1.54) is 97.9 Å². The second-order valence-corrected chi connectivity index (χ2v) is 27.4. The van der Waals surface area contributed by atoms with Crippen LogP contribution in [0.1, 0.15) is 0 Å². The van der Waals surface area contributed by atoms with Crippen LogP contribution in [-0.4, -0.2) is 51.4 Å². The predicted molar refractivity (Wildman–Crippen MR) is 447 cm³/mol. The Kier molecular flexibility index (Phi) is 16.3. The summed E-state index contributed by atoms with van der Waals surface area (Å²) < 4.78 is 11.1. The number of para-hydroxylation sites is 4. The van der Waals surface area contributed by atoms with E-state index in [1.807, 2.05) is 91.0 Å². The van der Waals surface area contributed by atoms with Gasteiger partial charge in [-0.05, 0) is 102 Å². The Hall–Kier alpha value is -13.1. The molecule has 13 heteroatoms. The monoisotopic (exact) mass is 1450 g/mol. The molecule has 0 unspecified atom stereocenters. The van der Waals surface area contributed by atoms with Crippen LogP contribution in [0.3, 0.4) is 0 Å². The van der Waals surface area contributed by atoms with Crippen LogP contribution in [-0.2, 0) is 0 Å². The number of hydrogen-bond acceptors (Lipinski definition) is 8. The van der Waals surface area contributed by atoms with E-state index in [2.05, 4.69) is 283 Å². The van der Waals surface area contributed by atoms with Crippen LogP contribution < -0.4 is 4.65 Å². The smallest absolute Gasteiger partial charge is 0.571 e. The third-order valence-electron chi connectivity index (χ3n) is 20.6. The third kappa shape index (κ3) is 11.0. The third-order valence-corrected chi connectivity index (χ3v) is 21.3. The Bertz CT molecular complexity index is 7170. The van der Waals surface area contributed by atoms with Gasteiger partial charge in [0.1, 0.15) is 0 Å². The molecule has 16 aromatic carbocycles. The molecule has 6 aromatic heterocycles. The van der Waals surface area contributed by atoms with Gasteiger partial charge in [-0.25, -0.2) is 19.9 Å². The summed E-state index contributed by atoms with van der Waals surface area (Å²) >= 11 is 3.73. The maximum absolute atomic E-state index is 9.13. The van der Waals surface area contributed by atoms with Gasteiger partial charge in [-0.2, -0.15) is 9.97 Å². The molecule has 0 aliphatic carbocycles. The van der Waals surface area contributed by atoms with Crippen LogP contribution in [0.2, 0.25) is 0 Å². The van der Waals surface area contributed by atoms with Gasteiger partial charge in [-0.3, -0.25) is 0 Å². The van der Waals surface area contributed by atoms with Crippen molar-refractivity contribution in [2.24, 2.45) is 0 Å². The highest BCUT2D eigenvalue weighted by atomic mass is 79.9. The molecule has 10 nitrogen and oxygen atoms in total. The van der Waals surface area contributed by atoms with Crippen molar-refractivity contribution in [1.82, 2.24) is 38.7 Å². The van der Waals surface area contributed by atoms with Crippen LogP contribution in [0, 0.1) is 0 Å². The van der Waals surface area contributed by atoms with Crippen molar-refractivity contribution in [2.45, 2.75) is 0 Å². The zero-order chi connectivity index (χ0) is 70.3. The maximum atomic E-state index is 9.13. The van der Waals surface area contributed by atoms with Crippen LogP contribution in [0.25, 0.3) is 198 Å². The molecule has 503 valence electrons. The SMILES string of the molecule is Brc1ccc2c3c1cccc3c1cccc3c4ccccc4n2c13.O[B]Oc1nc(-c2ccc(-c3ccccc3)cc2)nc(-c2cccc3ccccc23)n1.[P-3].c1ccc(-c2ccc(-c3nc(-c4cccc5ccccc45)nc(-c4ccc5c6c4cccc6c4cccc6c7ccccc7n5c46)n3)cc2)cc1. The molecule has 0 aliphatic heterocycles. The van der Waals surface area contributed by atoms with E-state index >= 15 is 0 Å². The molecule has 107 heavy (non-hydrogen) atoms. The number of aromatic nitrogens is 8. The lowest BCUT2D eigenvalue weighted by molar-refractivity contribution is 0.430. The summed E-state index contributed by atoms with van der Waals surface area (Å²) in [4.78, 5) is 29.1. The number of rotatable bonds is 9. The van der Waals surface area contributed by atoms with Gasteiger partial charge in [0.25, 0.3) is 0 Å². The number of fused-ring (bicyclic) bond motifs is 12. The Morgan fingerprint density at radius 3 is 1.08 bits per heavy atom. The molecule has 0 atom stereocenters. The maximum Gasteiger partial charge on any atom is 0.571 e. The molecule has 0 fully saturated rings. The first kappa shape index (κ1) is 64.7. The van der Waals surface area contributed by atoms with Crippen molar-refractivity contribution in [3.05, 3.63) is 344 Å². The molecule has 22 rings (SSSR count). The fourth-order valence-electron chi connectivity index (χ4n) is 15.9. The summed E-state index contributed by atoms with van der Waals surface area (Å²) in [5, 5.41) is 28.7. The minimum absolute atomic E-state index is 0. The lowest BCUT2D eigenvalue weighted by atomic mass is 9.96. The van der Waals surface area contributed by atoms with Crippen molar-refractivity contribution in [3.8, 4) is 85.2 Å².